The van der Waals surface area contributed by atoms with Gasteiger partial charge in [-0.3, -0.25) is 19.7 Å². The lowest BCUT2D eigenvalue weighted by Crippen LogP contribution is -2.37. The van der Waals surface area contributed by atoms with Crippen molar-refractivity contribution in [3.63, 3.8) is 0 Å². The van der Waals surface area contributed by atoms with E-state index >= 15 is 0 Å². The molecule has 160 valence electrons. The molecule has 1 amide bonds. The van der Waals surface area contributed by atoms with Crippen molar-refractivity contribution < 1.29 is 14.1 Å². The second-order valence-electron chi connectivity index (χ2n) is 7.45. The number of nitro groups is 1. The summed E-state index contributed by atoms with van der Waals surface area (Å²) in [5.41, 5.74) is 0.997. The molecule has 0 N–H and O–H groups in total. The molecule has 0 fully saturated rings. The topological polar surface area (TPSA) is 96.9 Å². The van der Waals surface area contributed by atoms with Crippen LogP contribution in [0.1, 0.15) is 41.6 Å². The highest BCUT2D eigenvalue weighted by Gasteiger charge is 2.42. The van der Waals surface area contributed by atoms with Crippen molar-refractivity contribution in [3.8, 4) is 0 Å². The lowest BCUT2D eigenvalue weighted by Gasteiger charge is -2.28. The fourth-order valence-corrected chi connectivity index (χ4v) is 4.11. The zero-order valence-corrected chi connectivity index (χ0v) is 17.4. The van der Waals surface area contributed by atoms with Crippen molar-refractivity contribution >= 4 is 22.6 Å². The van der Waals surface area contributed by atoms with E-state index in [9.17, 15) is 19.7 Å². The number of carbonyl (C=O) groups excluding carboxylic acids is 1. The third-order valence-electron chi connectivity index (χ3n) is 5.84. The molecule has 31 heavy (non-hydrogen) atoms. The number of nitro benzene ring substituents is 1. The molecule has 8 nitrogen and oxygen atoms in total. The van der Waals surface area contributed by atoms with E-state index in [1.807, 2.05) is 0 Å². The maximum atomic E-state index is 13.4. The largest absolute Gasteiger partial charge is 0.450 e. The van der Waals surface area contributed by atoms with Crippen molar-refractivity contribution in [1.29, 1.82) is 0 Å². The van der Waals surface area contributed by atoms with Gasteiger partial charge in [-0.2, -0.15) is 0 Å². The van der Waals surface area contributed by atoms with Crippen LogP contribution in [-0.4, -0.2) is 46.8 Å². The van der Waals surface area contributed by atoms with Crippen molar-refractivity contribution in [2.75, 3.05) is 26.2 Å². The van der Waals surface area contributed by atoms with Gasteiger partial charge in [0.15, 0.2) is 5.43 Å². The summed E-state index contributed by atoms with van der Waals surface area (Å²) in [7, 11) is 0. The van der Waals surface area contributed by atoms with Gasteiger partial charge in [0.1, 0.15) is 5.58 Å². The highest BCUT2D eigenvalue weighted by Crippen LogP contribution is 2.38. The molecule has 4 rings (SSSR count). The van der Waals surface area contributed by atoms with Crippen molar-refractivity contribution in [2.45, 2.75) is 19.9 Å². The van der Waals surface area contributed by atoms with Gasteiger partial charge in [0.25, 0.3) is 11.6 Å². The number of rotatable bonds is 7. The van der Waals surface area contributed by atoms with Gasteiger partial charge in [0.2, 0.25) is 5.76 Å². The van der Waals surface area contributed by atoms with E-state index in [0.29, 0.717) is 29.6 Å². The van der Waals surface area contributed by atoms with Gasteiger partial charge < -0.3 is 14.2 Å². The average molecular weight is 421 g/mol. The molecule has 1 unspecified atom stereocenters. The molecule has 1 atom stereocenters. The number of non-ortho nitro benzene ring substituents is 1. The van der Waals surface area contributed by atoms with Crippen LogP contribution in [0, 0.1) is 10.1 Å². The second-order valence-corrected chi connectivity index (χ2v) is 7.45. The Bertz CT molecular complexity index is 1200. The van der Waals surface area contributed by atoms with Crippen LogP contribution in [0.5, 0.6) is 0 Å². The first-order valence-electron chi connectivity index (χ1n) is 10.3. The number of hydrogen-bond donors (Lipinski definition) is 0. The Morgan fingerprint density at radius 1 is 1.06 bits per heavy atom. The van der Waals surface area contributed by atoms with E-state index in [2.05, 4.69) is 18.7 Å². The van der Waals surface area contributed by atoms with Gasteiger partial charge in [-0.05, 0) is 42.9 Å². The maximum Gasteiger partial charge on any atom is 0.290 e. The van der Waals surface area contributed by atoms with Crippen LogP contribution in [-0.2, 0) is 0 Å². The minimum absolute atomic E-state index is 0.0477. The van der Waals surface area contributed by atoms with Crippen molar-refractivity contribution in [2.24, 2.45) is 0 Å². The van der Waals surface area contributed by atoms with Crippen LogP contribution in [0.25, 0.3) is 11.0 Å². The lowest BCUT2D eigenvalue weighted by molar-refractivity contribution is -0.384. The summed E-state index contributed by atoms with van der Waals surface area (Å²) < 4.78 is 5.89. The zero-order chi connectivity index (χ0) is 22.1. The molecule has 0 bridgehead atoms. The molecule has 1 aromatic heterocycles. The van der Waals surface area contributed by atoms with Crippen LogP contribution in [0.3, 0.4) is 0 Å². The first-order valence-corrected chi connectivity index (χ1v) is 10.3. The number of hydrogen-bond acceptors (Lipinski definition) is 6. The minimum Gasteiger partial charge on any atom is -0.450 e. The molecule has 3 aromatic rings. The van der Waals surface area contributed by atoms with Crippen LogP contribution in [0.15, 0.2) is 57.7 Å². The summed E-state index contributed by atoms with van der Waals surface area (Å²) >= 11 is 0. The van der Waals surface area contributed by atoms with E-state index in [-0.39, 0.29) is 28.3 Å². The van der Waals surface area contributed by atoms with Crippen LogP contribution >= 0.6 is 0 Å². The Kier molecular flexibility index (Phi) is 5.56. The lowest BCUT2D eigenvalue weighted by atomic mass is 9.98. The van der Waals surface area contributed by atoms with Crippen LogP contribution in [0.4, 0.5) is 5.69 Å². The van der Waals surface area contributed by atoms with Gasteiger partial charge in [-0.15, -0.1) is 0 Å². The number of amides is 1. The van der Waals surface area contributed by atoms with Gasteiger partial charge in [-0.25, -0.2) is 0 Å². The van der Waals surface area contributed by atoms with E-state index < -0.39 is 11.0 Å². The summed E-state index contributed by atoms with van der Waals surface area (Å²) in [6, 6.07) is 12.2. The molecule has 0 aliphatic carbocycles. The Hall–Kier alpha value is -3.52. The standard InChI is InChI=1S/C23H23N3O5/c1-3-24(4-2)13-14-25-20(15-9-11-16(12-10-15)26(29)30)19-21(27)17-7-5-6-8-18(17)31-22(19)23(25)28/h5-12,20H,3-4,13-14H2,1-2H3. The van der Waals surface area contributed by atoms with Gasteiger partial charge >= 0.3 is 0 Å². The van der Waals surface area contributed by atoms with Crippen molar-refractivity contribution in [3.05, 3.63) is 85.8 Å². The predicted molar refractivity (Wildman–Crippen MR) is 116 cm³/mol. The Balaban J connectivity index is 1.85. The molecule has 0 radical (unpaired) electrons. The summed E-state index contributed by atoms with van der Waals surface area (Å²) in [5.74, 6) is -0.292. The molecule has 1 aliphatic rings. The quantitative estimate of drug-likeness (QED) is 0.427. The molecule has 2 aromatic carbocycles. The number of para-hydroxylation sites is 1. The SMILES string of the molecule is CCN(CC)CCN1C(=O)c2oc3ccccc3c(=O)c2C1c1ccc([N+](=O)[O-])cc1. The first kappa shape index (κ1) is 20.7. The minimum atomic E-state index is -0.653. The first-order chi connectivity index (χ1) is 15.0. The van der Waals surface area contributed by atoms with Gasteiger partial charge in [0.05, 0.1) is 21.9 Å². The Labute approximate surface area is 178 Å². The molecule has 8 heteroatoms. The third kappa shape index (κ3) is 3.59. The highest BCUT2D eigenvalue weighted by atomic mass is 16.6. The summed E-state index contributed by atoms with van der Waals surface area (Å²) in [4.78, 5) is 41.1. The molecule has 0 spiro atoms. The molecule has 2 heterocycles. The third-order valence-corrected chi connectivity index (χ3v) is 5.84. The monoisotopic (exact) mass is 421 g/mol. The smallest absolute Gasteiger partial charge is 0.290 e. The zero-order valence-electron chi connectivity index (χ0n) is 17.4. The Morgan fingerprint density at radius 3 is 2.39 bits per heavy atom. The molecule has 0 saturated heterocycles. The van der Waals surface area contributed by atoms with E-state index in [4.69, 9.17) is 4.42 Å². The number of benzene rings is 2. The Morgan fingerprint density at radius 2 is 1.74 bits per heavy atom. The van der Waals surface area contributed by atoms with E-state index in [1.54, 1.807) is 41.3 Å². The second kappa shape index (κ2) is 8.31. The molecular weight excluding hydrogens is 398 g/mol. The maximum absolute atomic E-state index is 13.4. The summed E-state index contributed by atoms with van der Waals surface area (Å²) in [6.45, 7) is 6.83. The highest BCUT2D eigenvalue weighted by molar-refractivity contribution is 5.99. The van der Waals surface area contributed by atoms with Gasteiger partial charge in [0, 0.05) is 25.2 Å². The van der Waals surface area contributed by atoms with Crippen LogP contribution < -0.4 is 5.43 Å². The number of fused-ring (bicyclic) bond motifs is 2. The van der Waals surface area contributed by atoms with Crippen molar-refractivity contribution in [1.82, 2.24) is 9.80 Å². The normalized spacial score (nSPS) is 15.6. The average Bonchev–Trinajstić information content (AvgIpc) is 3.06. The summed E-state index contributed by atoms with van der Waals surface area (Å²) in [6.07, 6.45) is 0. The number of likely N-dealkylation sites (N-methyl/N-ethyl adjacent to an activating group) is 1. The summed E-state index contributed by atoms with van der Waals surface area (Å²) in [5, 5.41) is 11.5. The van der Waals surface area contributed by atoms with E-state index in [1.165, 1.54) is 12.1 Å². The fraction of sp³-hybridized carbons (Fsp3) is 0.304. The van der Waals surface area contributed by atoms with E-state index in [0.717, 1.165) is 13.1 Å². The van der Waals surface area contributed by atoms with Gasteiger partial charge in [-0.1, -0.05) is 26.0 Å². The number of carbonyl (C=O) groups is 1. The fourth-order valence-electron chi connectivity index (χ4n) is 4.11. The molecule has 0 saturated carbocycles. The van der Waals surface area contributed by atoms with Crippen LogP contribution in [0.2, 0.25) is 0 Å². The molecular formula is C23H23N3O5. The predicted octanol–water partition coefficient (Wildman–Crippen LogP) is 3.59. The number of nitrogens with zero attached hydrogens (tertiary/aromatic N) is 3. The molecule has 1 aliphatic heterocycles.